The van der Waals surface area contributed by atoms with Gasteiger partial charge in [0.25, 0.3) is 5.78 Å². The molecular formula is C6H6N4. The summed E-state index contributed by atoms with van der Waals surface area (Å²) in [7, 11) is 0. The molecule has 0 unspecified atom stereocenters. The van der Waals surface area contributed by atoms with E-state index < -0.39 is 0 Å². The van der Waals surface area contributed by atoms with Crippen LogP contribution in [0.4, 0.5) is 0 Å². The normalized spacial score (nSPS) is 10.5. The van der Waals surface area contributed by atoms with Crippen LogP contribution < -0.4 is 0 Å². The van der Waals surface area contributed by atoms with E-state index in [0.29, 0.717) is 5.78 Å². The molecule has 2 rings (SSSR count). The molecule has 0 saturated carbocycles. The summed E-state index contributed by atoms with van der Waals surface area (Å²) in [5.74, 6) is 0.644. The van der Waals surface area contributed by atoms with Gasteiger partial charge in [0.15, 0.2) is 0 Å². The number of aryl methyl sites for hydroxylation is 1. The monoisotopic (exact) mass is 134 g/mol. The Morgan fingerprint density at radius 1 is 1.50 bits per heavy atom. The second kappa shape index (κ2) is 1.76. The molecule has 0 bridgehead atoms. The number of aromatic nitrogens is 4. The Kier molecular flexibility index (Phi) is 0.943. The first-order chi connectivity index (χ1) is 4.86. The van der Waals surface area contributed by atoms with Crippen molar-refractivity contribution in [2.75, 3.05) is 0 Å². The highest BCUT2D eigenvalue weighted by Crippen LogP contribution is 1.96. The lowest BCUT2D eigenvalue weighted by Crippen LogP contribution is -1.87. The molecule has 0 N–H and O–H groups in total. The van der Waals surface area contributed by atoms with Gasteiger partial charge >= 0.3 is 0 Å². The molecule has 0 aliphatic carbocycles. The van der Waals surface area contributed by atoms with Crippen molar-refractivity contribution in [2.45, 2.75) is 6.92 Å². The maximum Gasteiger partial charge on any atom is 0.254 e. The van der Waals surface area contributed by atoms with Gasteiger partial charge in [-0.3, -0.25) is 4.40 Å². The molecule has 2 aromatic heterocycles. The molecule has 50 valence electrons. The number of fused-ring (bicyclic) bond motifs is 1. The van der Waals surface area contributed by atoms with Crippen LogP contribution in [0.5, 0.6) is 0 Å². The first-order valence-electron chi connectivity index (χ1n) is 2.98. The fourth-order valence-electron chi connectivity index (χ4n) is 0.832. The van der Waals surface area contributed by atoms with Crippen molar-refractivity contribution in [1.29, 1.82) is 0 Å². The zero-order valence-corrected chi connectivity index (χ0v) is 5.52. The van der Waals surface area contributed by atoms with Gasteiger partial charge in [-0.25, -0.2) is 4.98 Å². The zero-order chi connectivity index (χ0) is 6.97. The maximum atomic E-state index is 4.03. The van der Waals surface area contributed by atoms with Gasteiger partial charge in [0.2, 0.25) is 0 Å². The summed E-state index contributed by atoms with van der Waals surface area (Å²) in [6.45, 7) is 1.98. The minimum absolute atomic E-state index is 0.644. The van der Waals surface area contributed by atoms with Gasteiger partial charge in [-0.1, -0.05) is 0 Å². The molecule has 0 amide bonds. The molecule has 2 aromatic rings. The van der Waals surface area contributed by atoms with Crippen LogP contribution in [0.3, 0.4) is 0 Å². The largest absolute Gasteiger partial charge is 0.273 e. The molecule has 10 heavy (non-hydrogen) atoms. The highest BCUT2D eigenvalue weighted by Gasteiger charge is 1.92. The summed E-state index contributed by atoms with van der Waals surface area (Å²) in [6.07, 6.45) is 5.34. The highest BCUT2D eigenvalue weighted by molar-refractivity contribution is 5.25. The summed E-state index contributed by atoms with van der Waals surface area (Å²) in [6, 6.07) is 0. The van der Waals surface area contributed by atoms with Crippen LogP contribution in [-0.2, 0) is 0 Å². The molecule has 2 heterocycles. The Hall–Kier alpha value is -1.45. The third-order valence-corrected chi connectivity index (χ3v) is 1.28. The molecule has 4 nitrogen and oxygen atoms in total. The molecule has 0 aliphatic heterocycles. The van der Waals surface area contributed by atoms with E-state index >= 15 is 0 Å². The summed E-state index contributed by atoms with van der Waals surface area (Å²) in [5.41, 5.74) is 1.10. The molecule has 0 atom stereocenters. The van der Waals surface area contributed by atoms with Gasteiger partial charge in [0.1, 0.15) is 6.33 Å². The number of hydrogen-bond donors (Lipinski definition) is 0. The second-order valence-electron chi connectivity index (χ2n) is 2.17. The third kappa shape index (κ3) is 0.655. The van der Waals surface area contributed by atoms with E-state index in [0.717, 1.165) is 5.56 Å². The smallest absolute Gasteiger partial charge is 0.254 e. The van der Waals surface area contributed by atoms with Crippen LogP contribution in [0.2, 0.25) is 0 Å². The zero-order valence-electron chi connectivity index (χ0n) is 5.52. The van der Waals surface area contributed by atoms with Crippen molar-refractivity contribution in [1.82, 2.24) is 19.6 Å². The summed E-state index contributed by atoms with van der Waals surface area (Å²) >= 11 is 0. The van der Waals surface area contributed by atoms with Crippen molar-refractivity contribution < 1.29 is 0 Å². The standard InChI is InChI=1S/C6H6N4/c1-5-2-7-6-9-8-4-10(6)3-5/h2-4H,1H3. The van der Waals surface area contributed by atoms with Crippen molar-refractivity contribution in [2.24, 2.45) is 0 Å². The van der Waals surface area contributed by atoms with E-state index in [1.165, 1.54) is 0 Å². The van der Waals surface area contributed by atoms with Crippen LogP contribution in [0.25, 0.3) is 5.78 Å². The van der Waals surface area contributed by atoms with Crippen molar-refractivity contribution in [3.63, 3.8) is 0 Å². The van der Waals surface area contributed by atoms with Crippen LogP contribution in [0.15, 0.2) is 18.7 Å². The summed E-state index contributed by atoms with van der Waals surface area (Å²) in [4.78, 5) is 4.03. The maximum absolute atomic E-state index is 4.03. The Bertz CT molecular complexity index is 351. The third-order valence-electron chi connectivity index (χ3n) is 1.28. The minimum atomic E-state index is 0.644. The predicted octanol–water partition coefficient (Wildman–Crippen LogP) is 0.433. The van der Waals surface area contributed by atoms with Crippen LogP contribution in [0.1, 0.15) is 5.56 Å². The fraction of sp³-hybridized carbons (Fsp3) is 0.167. The molecule has 0 radical (unpaired) electrons. The van der Waals surface area contributed by atoms with Gasteiger partial charge in [0.05, 0.1) is 0 Å². The lowest BCUT2D eigenvalue weighted by Gasteiger charge is -1.90. The average Bonchev–Trinajstić information content (AvgIpc) is 2.33. The van der Waals surface area contributed by atoms with E-state index in [-0.39, 0.29) is 0 Å². The number of rotatable bonds is 0. The Labute approximate surface area is 57.5 Å². The molecule has 0 spiro atoms. The van der Waals surface area contributed by atoms with E-state index in [4.69, 9.17) is 0 Å². The minimum Gasteiger partial charge on any atom is -0.273 e. The molecule has 0 fully saturated rings. The van der Waals surface area contributed by atoms with E-state index in [1.54, 1.807) is 16.9 Å². The van der Waals surface area contributed by atoms with Gasteiger partial charge < -0.3 is 0 Å². The molecule has 0 saturated heterocycles. The van der Waals surface area contributed by atoms with Crippen LogP contribution >= 0.6 is 0 Å². The Morgan fingerprint density at radius 3 is 3.30 bits per heavy atom. The van der Waals surface area contributed by atoms with Crippen molar-refractivity contribution in [3.05, 3.63) is 24.3 Å². The highest BCUT2D eigenvalue weighted by atomic mass is 15.3. The number of hydrogen-bond acceptors (Lipinski definition) is 3. The van der Waals surface area contributed by atoms with Gasteiger partial charge in [-0.15, -0.1) is 10.2 Å². The SMILES string of the molecule is Cc1cnc2nncn2c1. The summed E-state index contributed by atoms with van der Waals surface area (Å²) in [5, 5.41) is 7.45. The van der Waals surface area contributed by atoms with E-state index in [9.17, 15) is 0 Å². The first kappa shape index (κ1) is 5.34. The number of nitrogens with zero attached hydrogens (tertiary/aromatic N) is 4. The average molecular weight is 134 g/mol. The lowest BCUT2D eigenvalue weighted by molar-refractivity contribution is 1.08. The van der Waals surface area contributed by atoms with Crippen molar-refractivity contribution in [3.8, 4) is 0 Å². The quantitative estimate of drug-likeness (QED) is 0.524. The Morgan fingerprint density at radius 2 is 2.40 bits per heavy atom. The van der Waals surface area contributed by atoms with E-state index in [1.807, 2.05) is 13.1 Å². The predicted molar refractivity (Wildman–Crippen MR) is 35.5 cm³/mol. The fourth-order valence-corrected chi connectivity index (χ4v) is 0.832. The van der Waals surface area contributed by atoms with Gasteiger partial charge in [-0.2, -0.15) is 0 Å². The topological polar surface area (TPSA) is 43.1 Å². The van der Waals surface area contributed by atoms with E-state index in [2.05, 4.69) is 15.2 Å². The molecule has 0 aromatic carbocycles. The molecule has 4 heteroatoms. The van der Waals surface area contributed by atoms with Gasteiger partial charge in [-0.05, 0) is 12.5 Å². The Balaban J connectivity index is 2.86. The summed E-state index contributed by atoms with van der Waals surface area (Å²) < 4.78 is 1.79. The van der Waals surface area contributed by atoms with Crippen LogP contribution in [-0.4, -0.2) is 19.6 Å². The van der Waals surface area contributed by atoms with Gasteiger partial charge in [0, 0.05) is 12.4 Å². The molecule has 0 aliphatic rings. The first-order valence-corrected chi connectivity index (χ1v) is 2.98. The second-order valence-corrected chi connectivity index (χ2v) is 2.17. The molecular weight excluding hydrogens is 128 g/mol. The van der Waals surface area contributed by atoms with Crippen molar-refractivity contribution >= 4 is 5.78 Å². The lowest BCUT2D eigenvalue weighted by atomic mass is 10.4. The van der Waals surface area contributed by atoms with Crippen LogP contribution in [0, 0.1) is 6.92 Å².